The number of aliphatic hydroxyl groups excluding tert-OH is 1. The van der Waals surface area contributed by atoms with Gasteiger partial charge in [0.05, 0.1) is 11.8 Å². The third kappa shape index (κ3) is 3.70. The smallest absolute Gasteiger partial charge is 0.137 e. The lowest BCUT2D eigenvalue weighted by Gasteiger charge is -2.41. The second kappa shape index (κ2) is 7.11. The lowest BCUT2D eigenvalue weighted by molar-refractivity contribution is 0.0254. The Bertz CT molecular complexity index is 461. The molecule has 0 radical (unpaired) electrons. The van der Waals surface area contributed by atoms with Crippen LogP contribution in [-0.4, -0.2) is 64.9 Å². The molecule has 1 N–H and O–H groups in total. The van der Waals surface area contributed by atoms with E-state index >= 15 is 0 Å². The quantitative estimate of drug-likeness (QED) is 0.918. The fourth-order valence-corrected chi connectivity index (χ4v) is 3.95. The highest BCUT2D eigenvalue weighted by Gasteiger charge is 2.28. The second-order valence-corrected chi connectivity index (χ2v) is 6.92. The van der Waals surface area contributed by atoms with Gasteiger partial charge in [0, 0.05) is 24.7 Å². The van der Waals surface area contributed by atoms with Gasteiger partial charge in [-0.25, -0.2) is 0 Å². The maximum absolute atomic E-state index is 9.84. The molecule has 22 heavy (non-hydrogen) atoms. The zero-order valence-corrected chi connectivity index (χ0v) is 13.9. The predicted octanol–water partition coefficient (Wildman–Crippen LogP) is 1.76. The molecule has 1 aromatic rings. The third-order valence-corrected chi connectivity index (χ3v) is 5.36. The zero-order chi connectivity index (χ0) is 15.5. The van der Waals surface area contributed by atoms with Crippen LogP contribution in [0.3, 0.4) is 0 Å². The van der Waals surface area contributed by atoms with Gasteiger partial charge in [-0.2, -0.15) is 0 Å². The Labute approximate surface area is 133 Å². The van der Waals surface area contributed by atoms with Gasteiger partial charge in [-0.05, 0) is 65.6 Å². The topological polar surface area (TPSA) is 52.7 Å². The third-order valence-electron chi connectivity index (χ3n) is 5.36. The molecule has 2 saturated heterocycles. The molecule has 5 heteroatoms. The van der Waals surface area contributed by atoms with Crippen LogP contribution in [0.1, 0.15) is 42.7 Å². The Kier molecular flexibility index (Phi) is 5.16. The highest BCUT2D eigenvalue weighted by Crippen LogP contribution is 2.22. The lowest BCUT2D eigenvalue weighted by atomic mass is 9.98. The van der Waals surface area contributed by atoms with E-state index in [9.17, 15) is 5.11 Å². The summed E-state index contributed by atoms with van der Waals surface area (Å²) in [4.78, 5) is 5.07. The van der Waals surface area contributed by atoms with E-state index in [1.165, 1.54) is 38.0 Å². The summed E-state index contributed by atoms with van der Waals surface area (Å²) in [6.45, 7) is 9.51. The van der Waals surface area contributed by atoms with Crippen LogP contribution in [0.25, 0.3) is 0 Å². The number of nitrogens with zero attached hydrogens (tertiary/aromatic N) is 3. The fourth-order valence-electron chi connectivity index (χ4n) is 3.95. The maximum Gasteiger partial charge on any atom is 0.137 e. The van der Waals surface area contributed by atoms with Crippen molar-refractivity contribution in [2.75, 3.05) is 32.7 Å². The van der Waals surface area contributed by atoms with Gasteiger partial charge in [-0.1, -0.05) is 5.16 Å². The number of aliphatic hydroxyl groups is 1. The average Bonchev–Trinajstić information content (AvgIpc) is 2.84. The van der Waals surface area contributed by atoms with Gasteiger partial charge in [0.25, 0.3) is 0 Å². The molecule has 0 spiro atoms. The van der Waals surface area contributed by atoms with Crippen molar-refractivity contribution in [3.63, 3.8) is 0 Å². The van der Waals surface area contributed by atoms with Gasteiger partial charge in [-0.3, -0.25) is 4.90 Å². The summed E-state index contributed by atoms with van der Waals surface area (Å²) in [5.41, 5.74) is 2.32. The highest BCUT2D eigenvalue weighted by atomic mass is 16.5. The first kappa shape index (κ1) is 16.0. The summed E-state index contributed by atoms with van der Waals surface area (Å²) < 4.78 is 5.24. The van der Waals surface area contributed by atoms with Gasteiger partial charge < -0.3 is 14.5 Å². The Balaban J connectivity index is 1.44. The molecule has 3 rings (SSSR count). The highest BCUT2D eigenvalue weighted by molar-refractivity contribution is 5.21. The van der Waals surface area contributed by atoms with Crippen molar-refractivity contribution in [1.82, 2.24) is 15.0 Å². The van der Waals surface area contributed by atoms with Crippen LogP contribution in [-0.2, 0) is 6.42 Å². The molecule has 0 amide bonds. The van der Waals surface area contributed by atoms with Crippen molar-refractivity contribution < 1.29 is 9.63 Å². The minimum Gasteiger partial charge on any atom is -0.392 e. The molecule has 0 bridgehead atoms. The molecule has 2 aliphatic rings. The van der Waals surface area contributed by atoms with E-state index in [-0.39, 0.29) is 6.10 Å². The summed E-state index contributed by atoms with van der Waals surface area (Å²) >= 11 is 0. The fraction of sp³-hybridized carbons (Fsp3) is 0.824. The molecule has 1 aromatic heterocycles. The van der Waals surface area contributed by atoms with Crippen LogP contribution >= 0.6 is 0 Å². The van der Waals surface area contributed by atoms with E-state index in [4.69, 9.17) is 4.52 Å². The number of hydrogen-bond acceptors (Lipinski definition) is 5. The molecule has 0 aromatic carbocycles. The minimum atomic E-state index is -0.105. The Hall–Kier alpha value is -0.910. The van der Waals surface area contributed by atoms with Crippen LogP contribution in [0.15, 0.2) is 4.52 Å². The van der Waals surface area contributed by atoms with Gasteiger partial charge in [0.15, 0.2) is 0 Å². The van der Waals surface area contributed by atoms with E-state index < -0.39 is 0 Å². The molecule has 5 nitrogen and oxygen atoms in total. The summed E-state index contributed by atoms with van der Waals surface area (Å²) in [5.74, 6) is 0.967. The second-order valence-electron chi connectivity index (χ2n) is 6.92. The summed E-state index contributed by atoms with van der Waals surface area (Å²) in [6, 6.07) is 0.672. The first-order chi connectivity index (χ1) is 10.6. The van der Waals surface area contributed by atoms with Gasteiger partial charge >= 0.3 is 0 Å². The number of likely N-dealkylation sites (tertiary alicyclic amines) is 2. The van der Waals surface area contributed by atoms with Crippen molar-refractivity contribution in [2.45, 2.75) is 58.1 Å². The van der Waals surface area contributed by atoms with Crippen molar-refractivity contribution in [1.29, 1.82) is 0 Å². The number of aromatic nitrogens is 1. The Morgan fingerprint density at radius 1 is 1.18 bits per heavy atom. The van der Waals surface area contributed by atoms with Crippen molar-refractivity contribution in [3.8, 4) is 0 Å². The van der Waals surface area contributed by atoms with Crippen LogP contribution in [0.5, 0.6) is 0 Å². The maximum atomic E-state index is 9.84. The number of piperidine rings is 2. The predicted molar refractivity (Wildman–Crippen MR) is 86.0 cm³/mol. The first-order valence-corrected chi connectivity index (χ1v) is 8.69. The molecule has 124 valence electrons. The molecule has 2 fully saturated rings. The molecule has 2 aliphatic heterocycles. The lowest BCUT2D eigenvalue weighted by Crippen LogP contribution is -2.49. The molecule has 3 heterocycles. The standard InChI is InChI=1S/C17H29N3O2/c1-13-17(14(2)22-18-13)7-11-19-9-5-15(6-10-19)20-8-3-4-16(21)12-20/h15-16,21H,3-12H2,1-2H3/t16-/m1/s1. The normalized spacial score (nSPS) is 25.7. The Morgan fingerprint density at radius 3 is 2.59 bits per heavy atom. The van der Waals surface area contributed by atoms with Gasteiger partial charge in [0.1, 0.15) is 5.76 Å². The zero-order valence-electron chi connectivity index (χ0n) is 13.9. The number of hydrogen-bond donors (Lipinski definition) is 1. The van der Waals surface area contributed by atoms with Crippen molar-refractivity contribution in [3.05, 3.63) is 17.0 Å². The molecule has 0 saturated carbocycles. The minimum absolute atomic E-state index is 0.105. The van der Waals surface area contributed by atoms with E-state index in [1.54, 1.807) is 0 Å². The van der Waals surface area contributed by atoms with E-state index in [1.807, 2.05) is 13.8 Å². The number of β-amino-alcohol motifs (C(OH)–C–C–N with tert-alkyl or cyclic N) is 1. The van der Waals surface area contributed by atoms with Crippen LogP contribution in [0.2, 0.25) is 0 Å². The van der Waals surface area contributed by atoms with Crippen molar-refractivity contribution >= 4 is 0 Å². The SMILES string of the molecule is Cc1noc(C)c1CCN1CCC(N2CCC[C@@H](O)C2)CC1. The molecular weight excluding hydrogens is 278 g/mol. The van der Waals surface area contributed by atoms with Gasteiger partial charge in [-0.15, -0.1) is 0 Å². The van der Waals surface area contributed by atoms with Crippen LogP contribution < -0.4 is 0 Å². The monoisotopic (exact) mass is 307 g/mol. The molecule has 0 unspecified atom stereocenters. The van der Waals surface area contributed by atoms with E-state index in [0.717, 1.165) is 43.8 Å². The van der Waals surface area contributed by atoms with Crippen LogP contribution in [0.4, 0.5) is 0 Å². The van der Waals surface area contributed by atoms with Gasteiger partial charge in [0.2, 0.25) is 0 Å². The van der Waals surface area contributed by atoms with E-state index in [0.29, 0.717) is 6.04 Å². The first-order valence-electron chi connectivity index (χ1n) is 8.69. The number of aryl methyl sites for hydroxylation is 2. The number of rotatable bonds is 4. The van der Waals surface area contributed by atoms with Crippen molar-refractivity contribution in [2.24, 2.45) is 0 Å². The largest absolute Gasteiger partial charge is 0.392 e. The Morgan fingerprint density at radius 2 is 1.95 bits per heavy atom. The summed E-state index contributed by atoms with van der Waals surface area (Å²) in [7, 11) is 0. The van der Waals surface area contributed by atoms with Crippen LogP contribution in [0, 0.1) is 13.8 Å². The average molecular weight is 307 g/mol. The van der Waals surface area contributed by atoms with E-state index in [2.05, 4.69) is 15.0 Å². The summed E-state index contributed by atoms with van der Waals surface area (Å²) in [5, 5.41) is 13.9. The molecular formula is C17H29N3O2. The molecule has 1 atom stereocenters. The summed E-state index contributed by atoms with van der Waals surface area (Å²) in [6.07, 6.45) is 5.52. The molecule has 0 aliphatic carbocycles.